The van der Waals surface area contributed by atoms with Crippen molar-refractivity contribution < 1.29 is 26.3 Å². The van der Waals surface area contributed by atoms with E-state index in [1.165, 1.54) is 0 Å². The van der Waals surface area contributed by atoms with Crippen molar-refractivity contribution in [1.82, 2.24) is 10.6 Å². The molecule has 0 bridgehead atoms. The van der Waals surface area contributed by atoms with E-state index < -0.39 is 23.5 Å². The van der Waals surface area contributed by atoms with Crippen LogP contribution >= 0.6 is 12.2 Å². The second kappa shape index (κ2) is 6.52. The molecule has 10 heteroatoms. The van der Waals surface area contributed by atoms with Crippen LogP contribution in [0.25, 0.3) is 0 Å². The maximum absolute atomic E-state index is 12.7. The third kappa shape index (κ3) is 4.96. The van der Waals surface area contributed by atoms with Crippen LogP contribution in [0.5, 0.6) is 0 Å². The Morgan fingerprint density at radius 3 is 2.04 bits per heavy atom. The van der Waals surface area contributed by atoms with Gasteiger partial charge in [0.15, 0.2) is 5.11 Å². The number of halogens is 6. The molecule has 23 heavy (non-hydrogen) atoms. The molecule has 1 aromatic rings. The predicted molar refractivity (Wildman–Crippen MR) is 76.8 cm³/mol. The standard InChI is InChI=1S/C13H13F6N3S/c14-12(15,16)7-4-8(13(17,18)19)6-9(5-7)21-11(23)22-10-2-1-3-20-10/h4-6,10,20H,1-3H2,(H2,21,22,23)/t10-/m0/s1. The van der Waals surface area contributed by atoms with Crippen LogP contribution in [0, 0.1) is 0 Å². The summed E-state index contributed by atoms with van der Waals surface area (Å²) >= 11 is 4.92. The molecule has 0 amide bonds. The molecule has 0 radical (unpaired) electrons. The van der Waals surface area contributed by atoms with Crippen LogP contribution in [-0.4, -0.2) is 17.8 Å². The van der Waals surface area contributed by atoms with E-state index in [2.05, 4.69) is 16.0 Å². The summed E-state index contributed by atoms with van der Waals surface area (Å²) in [5.41, 5.74) is -3.16. The fourth-order valence-electron chi connectivity index (χ4n) is 2.16. The van der Waals surface area contributed by atoms with Crippen molar-refractivity contribution in [2.24, 2.45) is 0 Å². The highest BCUT2D eigenvalue weighted by atomic mass is 32.1. The lowest BCUT2D eigenvalue weighted by atomic mass is 10.1. The first-order valence-electron chi connectivity index (χ1n) is 6.66. The Hall–Kier alpha value is -1.55. The summed E-state index contributed by atoms with van der Waals surface area (Å²) in [6, 6.07) is 1.25. The maximum atomic E-state index is 12.7. The molecule has 1 aliphatic heterocycles. The van der Waals surface area contributed by atoms with Crippen molar-refractivity contribution in [1.29, 1.82) is 0 Å². The third-order valence-electron chi connectivity index (χ3n) is 3.21. The highest BCUT2D eigenvalue weighted by Crippen LogP contribution is 2.37. The molecule has 3 nitrogen and oxygen atoms in total. The van der Waals surface area contributed by atoms with E-state index in [0.29, 0.717) is 12.1 Å². The molecule has 1 fully saturated rings. The predicted octanol–water partition coefficient (Wildman–Crippen LogP) is 3.72. The Balaban J connectivity index is 2.21. The lowest BCUT2D eigenvalue weighted by molar-refractivity contribution is -0.143. The number of rotatable bonds is 2. The van der Waals surface area contributed by atoms with Crippen molar-refractivity contribution in [3.63, 3.8) is 0 Å². The van der Waals surface area contributed by atoms with Crippen molar-refractivity contribution in [3.8, 4) is 0 Å². The van der Waals surface area contributed by atoms with Gasteiger partial charge in [0.1, 0.15) is 0 Å². The van der Waals surface area contributed by atoms with Gasteiger partial charge in [0.05, 0.1) is 17.3 Å². The molecule has 0 aliphatic carbocycles. The van der Waals surface area contributed by atoms with E-state index in [0.717, 1.165) is 19.4 Å². The zero-order valence-corrected chi connectivity index (χ0v) is 12.4. The number of hydrogen-bond donors (Lipinski definition) is 3. The second-order valence-corrected chi connectivity index (χ2v) is 5.45. The van der Waals surface area contributed by atoms with Crippen LogP contribution < -0.4 is 16.0 Å². The Morgan fingerprint density at radius 1 is 1.04 bits per heavy atom. The first kappa shape index (κ1) is 17.8. The smallest absolute Gasteiger partial charge is 0.347 e. The van der Waals surface area contributed by atoms with Crippen LogP contribution in [-0.2, 0) is 12.4 Å². The number of alkyl halides is 6. The Kier molecular flexibility index (Phi) is 5.04. The Bertz CT molecular complexity index is 546. The zero-order chi connectivity index (χ0) is 17.3. The quantitative estimate of drug-likeness (QED) is 0.557. The zero-order valence-electron chi connectivity index (χ0n) is 11.6. The molecule has 1 heterocycles. The van der Waals surface area contributed by atoms with Gasteiger partial charge in [-0.15, -0.1) is 0 Å². The minimum absolute atomic E-state index is 0.0446. The maximum Gasteiger partial charge on any atom is 0.416 e. The van der Waals surface area contributed by atoms with Crippen LogP contribution in [0.2, 0.25) is 0 Å². The molecule has 1 saturated heterocycles. The number of benzene rings is 1. The van der Waals surface area contributed by atoms with E-state index in [1.807, 2.05) is 0 Å². The first-order valence-corrected chi connectivity index (χ1v) is 7.07. The van der Waals surface area contributed by atoms with Crippen molar-refractivity contribution >= 4 is 23.0 Å². The van der Waals surface area contributed by atoms with Crippen molar-refractivity contribution in [3.05, 3.63) is 29.3 Å². The largest absolute Gasteiger partial charge is 0.416 e. The lowest BCUT2D eigenvalue weighted by Crippen LogP contribution is -2.43. The van der Waals surface area contributed by atoms with Gasteiger partial charge in [0, 0.05) is 5.69 Å². The molecule has 0 unspecified atom stereocenters. The minimum atomic E-state index is -4.89. The summed E-state index contributed by atoms with van der Waals surface area (Å²) in [5, 5.41) is 8.17. The average Bonchev–Trinajstić information content (AvgIpc) is 2.88. The van der Waals surface area contributed by atoms with Crippen LogP contribution in [0.3, 0.4) is 0 Å². The number of nitrogens with one attached hydrogen (secondary N) is 3. The fraction of sp³-hybridized carbons (Fsp3) is 0.462. The van der Waals surface area contributed by atoms with Gasteiger partial charge < -0.3 is 10.6 Å². The molecular weight excluding hydrogens is 344 g/mol. The van der Waals surface area contributed by atoms with Crippen molar-refractivity contribution in [2.75, 3.05) is 11.9 Å². The number of anilines is 1. The van der Waals surface area contributed by atoms with E-state index in [4.69, 9.17) is 12.2 Å². The van der Waals surface area contributed by atoms with Gasteiger partial charge in [-0.05, 0) is 49.8 Å². The molecule has 1 aliphatic rings. The SMILES string of the molecule is FC(F)(F)c1cc(NC(=S)N[C@H]2CCCN2)cc(C(F)(F)F)c1. The van der Waals surface area contributed by atoms with Crippen LogP contribution in [0.15, 0.2) is 18.2 Å². The highest BCUT2D eigenvalue weighted by molar-refractivity contribution is 7.80. The van der Waals surface area contributed by atoms with Gasteiger partial charge in [0.2, 0.25) is 0 Å². The Morgan fingerprint density at radius 2 is 1.61 bits per heavy atom. The van der Waals surface area contributed by atoms with Crippen LogP contribution in [0.4, 0.5) is 32.0 Å². The van der Waals surface area contributed by atoms with E-state index in [-0.39, 0.29) is 23.0 Å². The molecule has 1 aromatic carbocycles. The molecule has 0 aromatic heterocycles. The van der Waals surface area contributed by atoms with E-state index in [9.17, 15) is 26.3 Å². The van der Waals surface area contributed by atoms with Gasteiger partial charge in [-0.1, -0.05) is 0 Å². The minimum Gasteiger partial charge on any atom is -0.347 e. The fourth-order valence-corrected chi connectivity index (χ4v) is 2.42. The molecule has 3 N–H and O–H groups in total. The summed E-state index contributed by atoms with van der Waals surface area (Å²) in [6.45, 7) is 0.766. The van der Waals surface area contributed by atoms with E-state index in [1.54, 1.807) is 0 Å². The van der Waals surface area contributed by atoms with Gasteiger partial charge in [0.25, 0.3) is 0 Å². The monoisotopic (exact) mass is 357 g/mol. The van der Waals surface area contributed by atoms with Crippen LogP contribution in [0.1, 0.15) is 24.0 Å². The first-order chi connectivity index (χ1) is 10.6. The number of hydrogen-bond acceptors (Lipinski definition) is 2. The topological polar surface area (TPSA) is 36.1 Å². The molecule has 128 valence electrons. The van der Waals surface area contributed by atoms with Gasteiger partial charge >= 0.3 is 12.4 Å². The molecule has 0 saturated carbocycles. The second-order valence-electron chi connectivity index (χ2n) is 5.04. The third-order valence-corrected chi connectivity index (χ3v) is 3.43. The summed E-state index contributed by atoms with van der Waals surface area (Å²) in [7, 11) is 0. The van der Waals surface area contributed by atoms with Gasteiger partial charge in [-0.3, -0.25) is 5.32 Å². The van der Waals surface area contributed by atoms with Gasteiger partial charge in [-0.25, -0.2) is 0 Å². The normalized spacial score (nSPS) is 18.8. The van der Waals surface area contributed by atoms with Gasteiger partial charge in [-0.2, -0.15) is 26.3 Å². The molecular formula is C13H13F6N3S. The van der Waals surface area contributed by atoms with Crippen molar-refractivity contribution in [2.45, 2.75) is 31.4 Å². The summed E-state index contributed by atoms with van der Waals surface area (Å²) < 4.78 is 76.5. The lowest BCUT2D eigenvalue weighted by Gasteiger charge is -2.18. The highest BCUT2D eigenvalue weighted by Gasteiger charge is 2.37. The Labute approximate surface area is 133 Å². The average molecular weight is 357 g/mol. The van der Waals surface area contributed by atoms with E-state index >= 15 is 0 Å². The number of thiocarbonyl (C=S) groups is 1. The summed E-state index contributed by atoms with van der Waals surface area (Å²) in [5.74, 6) is 0. The molecule has 0 spiro atoms. The molecule has 2 rings (SSSR count). The summed E-state index contributed by atoms with van der Waals surface area (Å²) in [6.07, 6.45) is -8.26. The summed E-state index contributed by atoms with van der Waals surface area (Å²) in [4.78, 5) is 0. The molecule has 1 atom stereocenters.